The maximum atomic E-state index is 13.1. The summed E-state index contributed by atoms with van der Waals surface area (Å²) in [5, 5.41) is 0. The maximum absolute atomic E-state index is 13.1. The van der Waals surface area contributed by atoms with E-state index >= 15 is 0 Å². The molecule has 2 amide bonds. The van der Waals surface area contributed by atoms with E-state index in [0.717, 1.165) is 47.4 Å². The first-order chi connectivity index (χ1) is 14.2. The first-order valence-electron chi connectivity index (χ1n) is 10.1. The second-order valence-corrected chi connectivity index (χ2v) is 8.28. The molecule has 1 aliphatic rings. The van der Waals surface area contributed by atoms with Crippen molar-refractivity contribution in [2.24, 2.45) is 0 Å². The standard InChI is InChI=1S/C22H25FN4OS/c23-16-10-12-18(13-11-16)29-26-22(28)27(17-6-2-1-3-7-17)15-14-21-24-19-8-4-5-9-20(19)25-21/h4-5,8-13,17H,1-3,6-7,14-15H2,(H,24,25)(H,26,28). The average molecular weight is 413 g/mol. The van der Waals surface area contributed by atoms with Crippen LogP contribution in [0.25, 0.3) is 11.0 Å². The normalized spacial score (nSPS) is 14.8. The van der Waals surface area contributed by atoms with Crippen LogP contribution < -0.4 is 4.72 Å². The molecule has 1 heterocycles. The Bertz CT molecular complexity index is 920. The van der Waals surface area contributed by atoms with Crippen molar-refractivity contribution in [1.29, 1.82) is 0 Å². The highest BCUT2D eigenvalue weighted by atomic mass is 32.2. The number of fused-ring (bicyclic) bond motifs is 1. The third-order valence-electron chi connectivity index (χ3n) is 5.37. The molecule has 0 atom stereocenters. The van der Waals surface area contributed by atoms with E-state index in [1.54, 1.807) is 12.1 Å². The van der Waals surface area contributed by atoms with E-state index in [1.807, 2.05) is 29.2 Å². The zero-order valence-electron chi connectivity index (χ0n) is 16.2. The van der Waals surface area contributed by atoms with Crippen LogP contribution in [0.1, 0.15) is 37.9 Å². The molecule has 3 aromatic rings. The van der Waals surface area contributed by atoms with Gasteiger partial charge in [-0.3, -0.25) is 4.72 Å². The number of urea groups is 1. The predicted octanol–water partition coefficient (Wildman–Crippen LogP) is 5.30. The SMILES string of the molecule is O=C(NSc1ccc(F)cc1)N(CCc1nc2ccccc2[nH]1)C1CCCCC1. The van der Waals surface area contributed by atoms with E-state index in [1.165, 1.54) is 30.5 Å². The Balaban J connectivity index is 1.42. The Morgan fingerprint density at radius 3 is 2.66 bits per heavy atom. The van der Waals surface area contributed by atoms with Gasteiger partial charge in [-0.1, -0.05) is 31.4 Å². The summed E-state index contributed by atoms with van der Waals surface area (Å²) in [6.07, 6.45) is 6.30. The van der Waals surface area contributed by atoms with E-state index in [0.29, 0.717) is 13.0 Å². The lowest BCUT2D eigenvalue weighted by molar-refractivity contribution is 0.161. The van der Waals surface area contributed by atoms with E-state index in [9.17, 15) is 9.18 Å². The summed E-state index contributed by atoms with van der Waals surface area (Å²) in [6.45, 7) is 0.611. The summed E-state index contributed by atoms with van der Waals surface area (Å²) >= 11 is 1.22. The van der Waals surface area contributed by atoms with Gasteiger partial charge in [0.25, 0.3) is 0 Å². The molecule has 1 aromatic heterocycles. The highest BCUT2D eigenvalue weighted by molar-refractivity contribution is 7.98. The Morgan fingerprint density at radius 2 is 1.90 bits per heavy atom. The van der Waals surface area contributed by atoms with Gasteiger partial charge in [0.15, 0.2) is 0 Å². The number of halogens is 1. The first-order valence-corrected chi connectivity index (χ1v) is 10.9. The van der Waals surface area contributed by atoms with E-state index in [2.05, 4.69) is 14.7 Å². The van der Waals surface area contributed by atoms with Crippen LogP contribution in [0.2, 0.25) is 0 Å². The van der Waals surface area contributed by atoms with Gasteiger partial charge in [-0.2, -0.15) is 0 Å². The van der Waals surface area contributed by atoms with Gasteiger partial charge < -0.3 is 9.88 Å². The minimum absolute atomic E-state index is 0.0951. The second-order valence-electron chi connectivity index (χ2n) is 7.40. The molecule has 0 bridgehead atoms. The smallest absolute Gasteiger partial charge is 0.327 e. The minimum atomic E-state index is -0.282. The van der Waals surface area contributed by atoms with E-state index in [4.69, 9.17) is 0 Å². The molecule has 7 heteroatoms. The highest BCUT2D eigenvalue weighted by Crippen LogP contribution is 2.24. The molecule has 29 heavy (non-hydrogen) atoms. The molecule has 0 radical (unpaired) electrons. The zero-order valence-corrected chi connectivity index (χ0v) is 17.1. The van der Waals surface area contributed by atoms with Gasteiger partial charge in [0, 0.05) is 23.9 Å². The molecule has 2 N–H and O–H groups in total. The molecule has 0 spiro atoms. The summed E-state index contributed by atoms with van der Waals surface area (Å²) in [4.78, 5) is 23.7. The van der Waals surface area contributed by atoms with Crippen molar-refractivity contribution in [2.45, 2.75) is 49.5 Å². The molecular weight excluding hydrogens is 387 g/mol. The van der Waals surface area contributed by atoms with Gasteiger partial charge in [-0.25, -0.2) is 14.2 Å². The number of rotatable bonds is 6. The van der Waals surface area contributed by atoms with E-state index < -0.39 is 0 Å². The van der Waals surface area contributed by atoms with Crippen LogP contribution in [0.15, 0.2) is 53.4 Å². The van der Waals surface area contributed by atoms with Gasteiger partial charge in [0.2, 0.25) is 0 Å². The average Bonchev–Trinajstić information content (AvgIpc) is 3.17. The summed E-state index contributed by atoms with van der Waals surface area (Å²) in [5.41, 5.74) is 1.96. The summed E-state index contributed by atoms with van der Waals surface area (Å²) in [7, 11) is 0. The van der Waals surface area contributed by atoms with Crippen molar-refractivity contribution >= 4 is 29.0 Å². The molecule has 152 valence electrons. The number of amides is 2. The molecular formula is C22H25FN4OS. The van der Waals surface area contributed by atoms with Gasteiger partial charge in [-0.15, -0.1) is 0 Å². The quantitative estimate of drug-likeness (QED) is 0.540. The molecule has 1 saturated carbocycles. The summed E-state index contributed by atoms with van der Waals surface area (Å²) < 4.78 is 16.0. The van der Waals surface area contributed by atoms with Crippen LogP contribution >= 0.6 is 11.9 Å². The molecule has 0 saturated heterocycles. The number of nitrogens with one attached hydrogen (secondary N) is 2. The third-order valence-corrected chi connectivity index (χ3v) is 6.16. The van der Waals surface area contributed by atoms with Crippen LogP contribution in [-0.4, -0.2) is 33.5 Å². The number of H-pyrrole nitrogens is 1. The van der Waals surface area contributed by atoms with Crippen molar-refractivity contribution in [1.82, 2.24) is 19.6 Å². The van der Waals surface area contributed by atoms with Crippen molar-refractivity contribution in [2.75, 3.05) is 6.54 Å². The molecule has 0 unspecified atom stereocenters. The largest absolute Gasteiger partial charge is 0.342 e. The first kappa shape index (κ1) is 19.8. The summed E-state index contributed by atoms with van der Waals surface area (Å²) in [6, 6.07) is 14.2. The fourth-order valence-corrected chi connectivity index (χ4v) is 4.45. The topological polar surface area (TPSA) is 61.0 Å². The van der Waals surface area contributed by atoms with Crippen molar-refractivity contribution in [3.63, 3.8) is 0 Å². The van der Waals surface area contributed by atoms with E-state index in [-0.39, 0.29) is 17.9 Å². The van der Waals surface area contributed by atoms with Crippen LogP contribution in [0.3, 0.4) is 0 Å². The molecule has 2 aromatic carbocycles. The lowest BCUT2D eigenvalue weighted by atomic mass is 9.94. The zero-order chi connectivity index (χ0) is 20.1. The third kappa shape index (κ3) is 5.09. The van der Waals surface area contributed by atoms with Crippen molar-refractivity contribution in [3.05, 3.63) is 60.2 Å². The number of hydrogen-bond donors (Lipinski definition) is 2. The monoisotopic (exact) mass is 412 g/mol. The van der Waals surface area contributed by atoms with Crippen LogP contribution in [0.4, 0.5) is 9.18 Å². The lowest BCUT2D eigenvalue weighted by Gasteiger charge is -2.34. The number of benzene rings is 2. The number of imidazole rings is 1. The van der Waals surface area contributed by atoms with Crippen LogP contribution in [-0.2, 0) is 6.42 Å². The maximum Gasteiger partial charge on any atom is 0.327 e. The molecule has 1 fully saturated rings. The van der Waals surface area contributed by atoms with Crippen molar-refractivity contribution in [3.8, 4) is 0 Å². The molecule has 0 aliphatic heterocycles. The van der Waals surface area contributed by atoms with Crippen LogP contribution in [0.5, 0.6) is 0 Å². The number of aromatic nitrogens is 2. The Morgan fingerprint density at radius 1 is 1.14 bits per heavy atom. The number of nitrogens with zero attached hydrogens (tertiary/aromatic N) is 2. The predicted molar refractivity (Wildman–Crippen MR) is 114 cm³/mol. The molecule has 4 rings (SSSR count). The van der Waals surface area contributed by atoms with Crippen LogP contribution in [0, 0.1) is 5.82 Å². The van der Waals surface area contributed by atoms with Gasteiger partial charge in [0.05, 0.1) is 11.0 Å². The van der Waals surface area contributed by atoms with Crippen molar-refractivity contribution < 1.29 is 9.18 Å². The fraction of sp³-hybridized carbons (Fsp3) is 0.364. The number of carbonyl (C=O) groups is 1. The second kappa shape index (κ2) is 9.31. The van der Waals surface area contributed by atoms with Gasteiger partial charge in [-0.05, 0) is 61.2 Å². The molecule has 5 nitrogen and oxygen atoms in total. The number of aromatic amines is 1. The number of carbonyl (C=O) groups excluding carboxylic acids is 1. The molecule has 1 aliphatic carbocycles. The number of hydrogen-bond acceptors (Lipinski definition) is 3. The minimum Gasteiger partial charge on any atom is -0.342 e. The Kier molecular flexibility index (Phi) is 6.34. The lowest BCUT2D eigenvalue weighted by Crippen LogP contribution is -2.46. The van der Waals surface area contributed by atoms with Gasteiger partial charge in [0.1, 0.15) is 11.6 Å². The number of para-hydroxylation sites is 2. The fourth-order valence-electron chi connectivity index (χ4n) is 3.86. The van der Waals surface area contributed by atoms with Gasteiger partial charge >= 0.3 is 6.03 Å². The Labute approximate surface area is 174 Å². The summed E-state index contributed by atoms with van der Waals surface area (Å²) in [5.74, 6) is 0.612. The highest BCUT2D eigenvalue weighted by Gasteiger charge is 2.25. The Hall–Kier alpha value is -2.54.